The molecule has 1 N–H and O–H groups in total. The number of rotatable bonds is 1. The Morgan fingerprint density at radius 1 is 1.06 bits per heavy atom. The summed E-state index contributed by atoms with van der Waals surface area (Å²) in [6.07, 6.45) is 11.3. The second-order valence-corrected chi connectivity index (χ2v) is 8.98. The van der Waals surface area contributed by atoms with Crippen LogP contribution in [0, 0.1) is 12.3 Å². The van der Waals surface area contributed by atoms with Crippen LogP contribution in [0.1, 0.15) is 31.2 Å². The van der Waals surface area contributed by atoms with Gasteiger partial charge < -0.3 is 19.9 Å². The van der Waals surface area contributed by atoms with Crippen molar-refractivity contribution in [3.8, 4) is 18.1 Å². The smallest absolute Gasteiger partial charge is 0.253 e. The molecule has 0 atom stereocenters. The lowest BCUT2D eigenvalue weighted by atomic mass is 10.1. The first kappa shape index (κ1) is 22.2. The molecule has 5 rings (SSSR count). The van der Waals surface area contributed by atoms with Crippen LogP contribution in [0.25, 0.3) is 11.0 Å². The van der Waals surface area contributed by atoms with Gasteiger partial charge in [0.15, 0.2) is 0 Å². The normalized spacial score (nSPS) is 17.4. The Kier molecular flexibility index (Phi) is 6.37. The lowest BCUT2D eigenvalue weighted by molar-refractivity contribution is 0.295. The summed E-state index contributed by atoms with van der Waals surface area (Å²) in [5.74, 6) is 3.89. The average molecular weight is 459 g/mol. The molecular weight excluding hydrogens is 428 g/mol. The highest BCUT2D eigenvalue weighted by Crippen LogP contribution is 2.33. The van der Waals surface area contributed by atoms with Crippen LogP contribution in [0.3, 0.4) is 0 Å². The van der Waals surface area contributed by atoms with Crippen LogP contribution >= 0.6 is 0 Å². The first-order valence-corrected chi connectivity index (χ1v) is 12.0. The molecule has 1 fully saturated rings. The number of aryl methyl sites for hydroxylation is 1. The molecule has 1 saturated heterocycles. The summed E-state index contributed by atoms with van der Waals surface area (Å²) in [6, 6.07) is 7.65. The molecule has 2 aliphatic heterocycles. The second-order valence-electron chi connectivity index (χ2n) is 8.98. The molecule has 4 bridgehead atoms. The van der Waals surface area contributed by atoms with Gasteiger partial charge in [0.1, 0.15) is 11.4 Å². The average Bonchev–Trinajstić information content (AvgIpc) is 2.85. The molecule has 34 heavy (non-hydrogen) atoms. The van der Waals surface area contributed by atoms with Gasteiger partial charge in [0.2, 0.25) is 5.95 Å². The zero-order valence-electron chi connectivity index (χ0n) is 19.6. The van der Waals surface area contributed by atoms with Gasteiger partial charge in [-0.25, -0.2) is 4.98 Å². The summed E-state index contributed by atoms with van der Waals surface area (Å²) in [4.78, 5) is 26.7. The molecule has 0 radical (unpaired) electrons. The number of fused-ring (bicyclic) bond motifs is 3. The van der Waals surface area contributed by atoms with Gasteiger partial charge in [-0.2, -0.15) is 4.98 Å². The van der Waals surface area contributed by atoms with E-state index in [-0.39, 0.29) is 5.56 Å². The van der Waals surface area contributed by atoms with E-state index in [1.54, 1.807) is 10.8 Å². The van der Waals surface area contributed by atoms with Crippen molar-refractivity contribution in [3.05, 3.63) is 46.4 Å². The number of hydrogen-bond donors (Lipinski definition) is 1. The quantitative estimate of drug-likeness (QED) is 0.561. The number of terminal acetylenes is 1. The fraction of sp³-hybridized carbons (Fsp3) is 0.423. The number of benzene rings is 1. The summed E-state index contributed by atoms with van der Waals surface area (Å²) >= 11 is 0. The Morgan fingerprint density at radius 3 is 2.71 bits per heavy atom. The number of nitrogens with zero attached hydrogens (tertiary/aromatic N) is 5. The number of piperazine rings is 1. The molecular formula is C26H30N6O2. The molecule has 0 spiro atoms. The number of hydrogen-bond acceptors (Lipinski definition) is 7. The fourth-order valence-electron chi connectivity index (χ4n) is 4.60. The monoisotopic (exact) mass is 458 g/mol. The van der Waals surface area contributed by atoms with E-state index < -0.39 is 0 Å². The molecule has 1 aromatic carbocycles. The standard InChI is InChI=1S/C26H30N6O2/c1-3-19-16-24(33)32-10-6-4-5-7-15-34-23-17-20(28-26-27-18-21(19)25(32)29-26)8-9-22(23)31-13-11-30(2)12-14-31/h1,8-9,16-18H,4-7,10-15H2,2H3,(H,27,28,29). The third-order valence-corrected chi connectivity index (χ3v) is 6.60. The van der Waals surface area contributed by atoms with E-state index in [1.165, 1.54) is 6.07 Å². The first-order valence-electron chi connectivity index (χ1n) is 12.0. The highest BCUT2D eigenvalue weighted by Gasteiger charge is 2.19. The number of ether oxygens (including phenoxy) is 1. The highest BCUT2D eigenvalue weighted by atomic mass is 16.5. The molecule has 8 nitrogen and oxygen atoms in total. The lowest BCUT2D eigenvalue weighted by Gasteiger charge is -2.35. The summed E-state index contributed by atoms with van der Waals surface area (Å²) < 4.78 is 7.98. The molecule has 0 amide bonds. The van der Waals surface area contributed by atoms with Gasteiger partial charge in [0.05, 0.1) is 17.7 Å². The minimum atomic E-state index is -0.128. The molecule has 8 heteroatoms. The summed E-state index contributed by atoms with van der Waals surface area (Å²) in [6.45, 7) is 5.27. The van der Waals surface area contributed by atoms with Gasteiger partial charge >= 0.3 is 0 Å². The van der Waals surface area contributed by atoms with Crippen LogP contribution in [-0.2, 0) is 6.54 Å². The van der Waals surface area contributed by atoms with Crippen molar-refractivity contribution in [2.24, 2.45) is 0 Å². The van der Waals surface area contributed by atoms with Gasteiger partial charge in [0, 0.05) is 62.3 Å². The minimum Gasteiger partial charge on any atom is -0.491 e. The van der Waals surface area contributed by atoms with Crippen LogP contribution in [0.4, 0.5) is 17.3 Å². The number of aromatic nitrogens is 3. The second kappa shape index (κ2) is 9.74. The van der Waals surface area contributed by atoms with Crippen LogP contribution in [0.15, 0.2) is 35.3 Å². The predicted octanol–water partition coefficient (Wildman–Crippen LogP) is 3.22. The van der Waals surface area contributed by atoms with Gasteiger partial charge in [-0.05, 0) is 32.0 Å². The molecule has 0 unspecified atom stereocenters. The third kappa shape index (κ3) is 4.57. The maximum absolute atomic E-state index is 12.8. The van der Waals surface area contributed by atoms with Gasteiger partial charge in [0.25, 0.3) is 5.56 Å². The Balaban J connectivity index is 1.54. The van der Waals surface area contributed by atoms with Gasteiger partial charge in [-0.15, -0.1) is 6.42 Å². The maximum atomic E-state index is 12.8. The summed E-state index contributed by atoms with van der Waals surface area (Å²) in [5, 5.41) is 4.01. The van der Waals surface area contributed by atoms with E-state index in [0.717, 1.165) is 69.0 Å². The highest BCUT2D eigenvalue weighted by molar-refractivity contribution is 5.82. The molecule has 176 valence electrons. The molecule has 0 aliphatic carbocycles. The zero-order valence-corrected chi connectivity index (χ0v) is 19.6. The first-order chi connectivity index (χ1) is 16.6. The van der Waals surface area contributed by atoms with Crippen LogP contribution in [-0.4, -0.2) is 59.3 Å². The van der Waals surface area contributed by atoms with Crippen LogP contribution in [0.5, 0.6) is 5.75 Å². The van der Waals surface area contributed by atoms with Crippen molar-refractivity contribution in [2.45, 2.75) is 32.2 Å². The number of nitrogens with one attached hydrogen (secondary N) is 1. The minimum absolute atomic E-state index is 0.128. The zero-order chi connectivity index (χ0) is 23.5. The number of likely N-dealkylation sites (N-methyl/N-ethyl adjacent to an activating group) is 1. The van der Waals surface area contributed by atoms with E-state index in [2.05, 4.69) is 39.1 Å². The Bertz CT molecular complexity index is 1290. The Labute approximate surface area is 199 Å². The van der Waals surface area contributed by atoms with E-state index in [0.29, 0.717) is 35.7 Å². The van der Waals surface area contributed by atoms with Gasteiger partial charge in [-0.1, -0.05) is 18.8 Å². The molecule has 2 aliphatic rings. The van der Waals surface area contributed by atoms with Crippen LogP contribution in [0.2, 0.25) is 0 Å². The molecule has 4 heterocycles. The van der Waals surface area contributed by atoms with E-state index in [1.807, 2.05) is 12.1 Å². The summed E-state index contributed by atoms with van der Waals surface area (Å²) in [5.41, 5.74) is 2.92. The van der Waals surface area contributed by atoms with Crippen molar-refractivity contribution in [2.75, 3.05) is 50.1 Å². The van der Waals surface area contributed by atoms with E-state index in [4.69, 9.17) is 16.1 Å². The topological polar surface area (TPSA) is 75.5 Å². The van der Waals surface area contributed by atoms with E-state index in [9.17, 15) is 4.79 Å². The largest absolute Gasteiger partial charge is 0.491 e. The SMILES string of the molecule is C#Cc1cc(=O)n2c3nc(ncc13)Nc1ccc(N3CCN(C)CC3)c(c1)OCCCCCC2. The van der Waals surface area contributed by atoms with Crippen molar-refractivity contribution >= 4 is 28.4 Å². The van der Waals surface area contributed by atoms with Crippen molar-refractivity contribution in [3.63, 3.8) is 0 Å². The van der Waals surface area contributed by atoms with Crippen molar-refractivity contribution in [1.82, 2.24) is 19.4 Å². The van der Waals surface area contributed by atoms with Crippen LogP contribution < -0.4 is 20.5 Å². The third-order valence-electron chi connectivity index (χ3n) is 6.60. The predicted molar refractivity (Wildman–Crippen MR) is 135 cm³/mol. The Morgan fingerprint density at radius 2 is 1.88 bits per heavy atom. The van der Waals surface area contributed by atoms with E-state index >= 15 is 0 Å². The fourth-order valence-corrected chi connectivity index (χ4v) is 4.60. The molecule has 2 aromatic heterocycles. The molecule has 0 saturated carbocycles. The summed E-state index contributed by atoms with van der Waals surface area (Å²) in [7, 11) is 2.16. The number of anilines is 3. The lowest BCUT2D eigenvalue weighted by Crippen LogP contribution is -2.44. The Hall–Kier alpha value is -3.57. The maximum Gasteiger partial charge on any atom is 0.253 e. The van der Waals surface area contributed by atoms with Crippen molar-refractivity contribution in [1.29, 1.82) is 0 Å². The molecule has 3 aromatic rings. The van der Waals surface area contributed by atoms with Crippen molar-refractivity contribution < 1.29 is 4.74 Å². The van der Waals surface area contributed by atoms with Gasteiger partial charge in [-0.3, -0.25) is 9.36 Å². The number of pyridine rings is 1.